The van der Waals surface area contributed by atoms with E-state index in [2.05, 4.69) is 5.10 Å². The van der Waals surface area contributed by atoms with Crippen LogP contribution in [0.5, 0.6) is 0 Å². The number of hydrogen-bond donors (Lipinski definition) is 1. The van der Waals surface area contributed by atoms with Crippen LogP contribution in [0.3, 0.4) is 0 Å². The maximum Gasteiger partial charge on any atom is 0.446 e. The van der Waals surface area contributed by atoms with Crippen molar-refractivity contribution in [3.8, 4) is 5.69 Å². The summed E-state index contributed by atoms with van der Waals surface area (Å²) in [6, 6.07) is 5.91. The molecule has 2 rings (SSSR count). The van der Waals surface area contributed by atoms with Crippen LogP contribution in [0.2, 0.25) is 0 Å². The molecule has 0 bridgehead atoms. The predicted octanol–water partition coefficient (Wildman–Crippen LogP) is 4.10. The Morgan fingerprint density at radius 2 is 1.86 bits per heavy atom. The third-order valence-corrected chi connectivity index (χ3v) is 3.73. The number of benzene rings is 1. The number of halogens is 3. The van der Waals surface area contributed by atoms with Crippen molar-refractivity contribution in [3.63, 3.8) is 0 Å². The standard InChI is InChI=1S/C14H15F3N2OS/c1-9(2)12-7-18-19(13(12)8-20)10-3-5-11(6-4-10)21-14(15,16)17/h3-7,9,20H,8H2,1-2H3. The van der Waals surface area contributed by atoms with E-state index in [0.29, 0.717) is 11.4 Å². The van der Waals surface area contributed by atoms with E-state index in [1.165, 1.54) is 12.1 Å². The molecule has 0 aliphatic heterocycles. The second-order valence-electron chi connectivity index (χ2n) is 4.81. The van der Waals surface area contributed by atoms with Gasteiger partial charge in [0.05, 0.1) is 24.2 Å². The van der Waals surface area contributed by atoms with E-state index in [9.17, 15) is 18.3 Å². The lowest BCUT2D eigenvalue weighted by Crippen LogP contribution is -2.04. The van der Waals surface area contributed by atoms with Crippen molar-refractivity contribution >= 4 is 11.8 Å². The Hall–Kier alpha value is -1.47. The van der Waals surface area contributed by atoms with Gasteiger partial charge in [0.2, 0.25) is 0 Å². The summed E-state index contributed by atoms with van der Waals surface area (Å²) in [5.41, 5.74) is -2.10. The zero-order valence-corrected chi connectivity index (χ0v) is 12.4. The summed E-state index contributed by atoms with van der Waals surface area (Å²) < 4.78 is 38.4. The molecule has 2 aromatic rings. The normalized spacial score (nSPS) is 12.1. The minimum Gasteiger partial charge on any atom is -0.390 e. The van der Waals surface area contributed by atoms with Crippen molar-refractivity contribution in [2.45, 2.75) is 36.8 Å². The summed E-state index contributed by atoms with van der Waals surface area (Å²) in [7, 11) is 0. The number of hydrogen-bond acceptors (Lipinski definition) is 3. The van der Waals surface area contributed by atoms with E-state index in [0.717, 1.165) is 5.56 Å². The quantitative estimate of drug-likeness (QED) is 0.863. The molecule has 0 aliphatic carbocycles. The molecule has 0 atom stereocenters. The van der Waals surface area contributed by atoms with Gasteiger partial charge in [-0.1, -0.05) is 13.8 Å². The fourth-order valence-electron chi connectivity index (χ4n) is 2.04. The van der Waals surface area contributed by atoms with E-state index in [-0.39, 0.29) is 29.2 Å². The van der Waals surface area contributed by atoms with Crippen LogP contribution in [0, 0.1) is 0 Å². The molecule has 114 valence electrons. The molecule has 3 nitrogen and oxygen atoms in total. The molecule has 0 aliphatic rings. The van der Waals surface area contributed by atoms with Gasteiger partial charge < -0.3 is 5.11 Å². The highest BCUT2D eigenvalue weighted by atomic mass is 32.2. The van der Waals surface area contributed by atoms with Gasteiger partial charge in [0.15, 0.2) is 0 Å². The molecule has 0 spiro atoms. The van der Waals surface area contributed by atoms with Gasteiger partial charge in [-0.05, 0) is 47.5 Å². The average Bonchev–Trinajstić information content (AvgIpc) is 2.81. The van der Waals surface area contributed by atoms with Gasteiger partial charge in [0, 0.05) is 4.90 Å². The molecule has 1 aromatic heterocycles. The summed E-state index contributed by atoms with van der Waals surface area (Å²) in [5.74, 6) is 0.209. The lowest BCUT2D eigenvalue weighted by atomic mass is 10.0. The third kappa shape index (κ3) is 3.79. The molecule has 0 radical (unpaired) electrons. The molecule has 0 amide bonds. The minimum absolute atomic E-state index is 0.119. The molecule has 1 heterocycles. The van der Waals surface area contributed by atoms with Gasteiger partial charge in [0.1, 0.15) is 0 Å². The first-order valence-corrected chi connectivity index (χ1v) is 7.17. The molecular weight excluding hydrogens is 301 g/mol. The molecule has 7 heteroatoms. The Morgan fingerprint density at radius 1 is 1.24 bits per heavy atom. The Balaban J connectivity index is 2.31. The summed E-state index contributed by atoms with van der Waals surface area (Å²) in [5, 5.41) is 13.7. The van der Waals surface area contributed by atoms with E-state index in [1.54, 1.807) is 23.0 Å². The number of aromatic nitrogens is 2. The third-order valence-electron chi connectivity index (χ3n) is 2.99. The van der Waals surface area contributed by atoms with Crippen molar-refractivity contribution in [1.29, 1.82) is 0 Å². The second kappa shape index (κ2) is 6.11. The number of aliphatic hydroxyl groups is 1. The maximum atomic E-state index is 12.3. The Bertz CT molecular complexity index is 606. The maximum absolute atomic E-state index is 12.3. The van der Waals surface area contributed by atoms with E-state index >= 15 is 0 Å². The number of alkyl halides is 3. The van der Waals surface area contributed by atoms with E-state index in [4.69, 9.17) is 0 Å². The van der Waals surface area contributed by atoms with Gasteiger partial charge in [-0.15, -0.1) is 0 Å². The van der Waals surface area contributed by atoms with Gasteiger partial charge in [-0.3, -0.25) is 0 Å². The number of thioether (sulfide) groups is 1. The zero-order chi connectivity index (χ0) is 15.6. The first-order chi connectivity index (χ1) is 9.81. The fourth-order valence-corrected chi connectivity index (χ4v) is 2.58. The van der Waals surface area contributed by atoms with E-state index in [1.807, 2.05) is 13.8 Å². The summed E-state index contributed by atoms with van der Waals surface area (Å²) in [4.78, 5) is 0.119. The molecule has 1 N–H and O–H groups in total. The molecule has 0 saturated carbocycles. The Kier molecular flexibility index (Phi) is 4.63. The topological polar surface area (TPSA) is 38.0 Å². The first kappa shape index (κ1) is 15.9. The Labute approximate surface area is 124 Å². The van der Waals surface area contributed by atoms with Crippen molar-refractivity contribution in [2.24, 2.45) is 0 Å². The highest BCUT2D eigenvalue weighted by Crippen LogP contribution is 2.37. The minimum atomic E-state index is -4.30. The lowest BCUT2D eigenvalue weighted by Gasteiger charge is -2.10. The smallest absolute Gasteiger partial charge is 0.390 e. The number of nitrogens with zero attached hydrogens (tertiary/aromatic N) is 2. The second-order valence-corrected chi connectivity index (χ2v) is 5.95. The van der Waals surface area contributed by atoms with Gasteiger partial charge in [-0.25, -0.2) is 4.68 Å². The highest BCUT2D eigenvalue weighted by molar-refractivity contribution is 8.00. The SMILES string of the molecule is CC(C)c1cnn(-c2ccc(SC(F)(F)F)cc2)c1CO. The van der Waals surface area contributed by atoms with Crippen LogP contribution in [0.1, 0.15) is 31.0 Å². The summed E-state index contributed by atoms with van der Waals surface area (Å²) >= 11 is -0.154. The van der Waals surface area contributed by atoms with Crippen molar-refractivity contribution in [3.05, 3.63) is 41.7 Å². The molecule has 0 fully saturated rings. The zero-order valence-electron chi connectivity index (χ0n) is 11.6. The number of rotatable bonds is 4. The van der Waals surface area contributed by atoms with E-state index < -0.39 is 5.51 Å². The van der Waals surface area contributed by atoms with Gasteiger partial charge in [-0.2, -0.15) is 18.3 Å². The van der Waals surface area contributed by atoms with Crippen molar-refractivity contribution in [2.75, 3.05) is 0 Å². The molecule has 21 heavy (non-hydrogen) atoms. The van der Waals surface area contributed by atoms with Crippen molar-refractivity contribution < 1.29 is 18.3 Å². The average molecular weight is 316 g/mol. The van der Waals surface area contributed by atoms with Crippen LogP contribution >= 0.6 is 11.8 Å². The summed E-state index contributed by atoms with van der Waals surface area (Å²) in [6.45, 7) is 3.81. The van der Waals surface area contributed by atoms with Crippen molar-refractivity contribution in [1.82, 2.24) is 9.78 Å². The number of aliphatic hydroxyl groups excluding tert-OH is 1. The lowest BCUT2D eigenvalue weighted by molar-refractivity contribution is -0.0328. The van der Waals surface area contributed by atoms with Crippen LogP contribution in [0.15, 0.2) is 35.4 Å². The molecule has 0 saturated heterocycles. The van der Waals surface area contributed by atoms with Crippen LogP contribution in [0.25, 0.3) is 5.69 Å². The molecule has 0 unspecified atom stereocenters. The monoisotopic (exact) mass is 316 g/mol. The fraction of sp³-hybridized carbons (Fsp3) is 0.357. The molecule has 1 aromatic carbocycles. The first-order valence-electron chi connectivity index (χ1n) is 6.35. The van der Waals surface area contributed by atoms with Gasteiger partial charge in [0.25, 0.3) is 0 Å². The Morgan fingerprint density at radius 3 is 2.33 bits per heavy atom. The predicted molar refractivity (Wildman–Crippen MR) is 75.5 cm³/mol. The van der Waals surface area contributed by atoms with Crippen LogP contribution in [-0.4, -0.2) is 20.4 Å². The molecular formula is C14H15F3N2OS. The highest BCUT2D eigenvalue weighted by Gasteiger charge is 2.29. The largest absolute Gasteiger partial charge is 0.446 e. The van der Waals surface area contributed by atoms with Crippen LogP contribution in [-0.2, 0) is 6.61 Å². The summed E-state index contributed by atoms with van der Waals surface area (Å²) in [6.07, 6.45) is 1.68. The van der Waals surface area contributed by atoms with Crippen LogP contribution < -0.4 is 0 Å². The van der Waals surface area contributed by atoms with Gasteiger partial charge >= 0.3 is 5.51 Å². The van der Waals surface area contributed by atoms with Crippen LogP contribution in [0.4, 0.5) is 13.2 Å².